The van der Waals surface area contributed by atoms with Crippen molar-refractivity contribution in [2.24, 2.45) is 0 Å². The third-order valence-corrected chi connectivity index (χ3v) is 6.63. The number of ether oxygens (including phenoxy) is 2. The van der Waals surface area contributed by atoms with Crippen LogP contribution in [0, 0.1) is 0 Å². The monoisotopic (exact) mass is 574 g/mol. The first-order valence-corrected chi connectivity index (χ1v) is 13.6. The third-order valence-electron chi connectivity index (χ3n) is 6.63. The largest absolute Gasteiger partial charge is 0.497 e. The molecule has 0 bridgehead atoms. The lowest BCUT2D eigenvalue weighted by molar-refractivity contribution is 0.102. The maximum absolute atomic E-state index is 13.3. The van der Waals surface area contributed by atoms with Crippen LogP contribution in [0.1, 0.15) is 21.6 Å². The molecule has 0 saturated heterocycles. The minimum Gasteiger partial charge on any atom is -0.497 e. The Labute approximate surface area is 248 Å². The Kier molecular flexibility index (Phi) is 9.18. The Balaban J connectivity index is 1.21. The molecular weight excluding hydrogens is 544 g/mol. The van der Waals surface area contributed by atoms with Crippen LogP contribution in [0.4, 0.5) is 16.3 Å². The van der Waals surface area contributed by atoms with Crippen LogP contribution in [0.2, 0.25) is 0 Å². The molecule has 4 N–H and O–H groups in total. The summed E-state index contributed by atoms with van der Waals surface area (Å²) in [4.78, 5) is 38.2. The van der Waals surface area contributed by atoms with Crippen molar-refractivity contribution < 1.29 is 19.1 Å². The fourth-order valence-electron chi connectivity index (χ4n) is 4.33. The number of hydrogen-bond donors (Lipinski definition) is 3. The maximum Gasteiger partial charge on any atom is 0.407 e. The zero-order valence-corrected chi connectivity index (χ0v) is 23.5. The molecule has 2 heterocycles. The van der Waals surface area contributed by atoms with E-state index in [1.165, 1.54) is 6.20 Å². The Hall–Kier alpha value is -5.77. The molecule has 5 rings (SSSR count). The normalized spacial score (nSPS) is 10.5. The van der Waals surface area contributed by atoms with Crippen molar-refractivity contribution in [3.05, 3.63) is 120 Å². The maximum atomic E-state index is 13.3. The van der Waals surface area contributed by atoms with E-state index in [0.717, 1.165) is 33.6 Å². The number of hydrogen-bond acceptors (Lipinski definition) is 8. The van der Waals surface area contributed by atoms with Crippen molar-refractivity contribution in [3.63, 3.8) is 0 Å². The van der Waals surface area contributed by atoms with E-state index in [-0.39, 0.29) is 18.1 Å². The standard InChI is InChI=1S/C33H30N6O4/c1-42-26-13-11-24(12-14-26)27-16-17-35-19-29(27)39-32(40)30-31(34)37-20-28(38-30)25-9-7-22(8-10-25)15-18-36-33(41)43-21-23-5-3-2-4-6-23/h2-14,16-17,19-20H,15,18,21H2,1H3,(H2,34,37)(H,36,41)(H,39,40). The number of amides is 2. The van der Waals surface area contributed by atoms with Gasteiger partial charge in [0.15, 0.2) is 11.5 Å². The van der Waals surface area contributed by atoms with Crippen LogP contribution in [-0.4, -0.2) is 40.6 Å². The van der Waals surface area contributed by atoms with Crippen molar-refractivity contribution in [2.75, 3.05) is 24.7 Å². The van der Waals surface area contributed by atoms with E-state index in [9.17, 15) is 9.59 Å². The Bertz CT molecular complexity index is 1690. The van der Waals surface area contributed by atoms with Gasteiger partial charge in [-0.05, 0) is 41.3 Å². The van der Waals surface area contributed by atoms with Gasteiger partial charge in [0.25, 0.3) is 5.91 Å². The van der Waals surface area contributed by atoms with E-state index in [1.807, 2.05) is 84.9 Å². The molecule has 0 aliphatic heterocycles. The molecule has 43 heavy (non-hydrogen) atoms. The number of nitrogens with two attached hydrogens (primary N) is 1. The molecule has 10 nitrogen and oxygen atoms in total. The molecule has 0 spiro atoms. The van der Waals surface area contributed by atoms with Gasteiger partial charge in [0.1, 0.15) is 12.4 Å². The van der Waals surface area contributed by atoms with E-state index in [2.05, 4.69) is 25.6 Å². The van der Waals surface area contributed by atoms with Crippen LogP contribution in [0.3, 0.4) is 0 Å². The molecule has 0 aliphatic rings. The second-order valence-corrected chi connectivity index (χ2v) is 9.53. The van der Waals surface area contributed by atoms with Crippen molar-refractivity contribution >= 4 is 23.5 Å². The summed E-state index contributed by atoms with van der Waals surface area (Å²) in [6.45, 7) is 0.641. The number of rotatable bonds is 10. The molecule has 10 heteroatoms. The number of alkyl carbamates (subject to hydrolysis) is 1. The van der Waals surface area contributed by atoms with Crippen LogP contribution < -0.4 is 21.1 Å². The highest BCUT2D eigenvalue weighted by Crippen LogP contribution is 2.29. The molecule has 0 atom stereocenters. The lowest BCUT2D eigenvalue weighted by Crippen LogP contribution is -2.26. The Morgan fingerprint density at radius 3 is 2.35 bits per heavy atom. The summed E-state index contributed by atoms with van der Waals surface area (Å²) in [5.41, 5.74) is 11.4. The molecule has 2 aromatic heterocycles. The SMILES string of the molecule is COc1ccc(-c2ccncc2NC(=O)c2nc(-c3ccc(CCNC(=O)OCc4ccccc4)cc3)cnc2N)cc1. The minimum atomic E-state index is -0.503. The second kappa shape index (κ2) is 13.7. The molecule has 0 fully saturated rings. The first kappa shape index (κ1) is 28.7. The molecule has 216 valence electrons. The summed E-state index contributed by atoms with van der Waals surface area (Å²) < 4.78 is 10.5. The topological polar surface area (TPSA) is 141 Å². The Morgan fingerprint density at radius 2 is 1.60 bits per heavy atom. The fourth-order valence-corrected chi connectivity index (χ4v) is 4.33. The average molecular weight is 575 g/mol. The van der Waals surface area contributed by atoms with E-state index in [0.29, 0.717) is 24.3 Å². The number of benzene rings is 3. The molecule has 0 aliphatic carbocycles. The number of nitrogens with zero attached hydrogens (tertiary/aromatic N) is 3. The van der Waals surface area contributed by atoms with Crippen LogP contribution in [0.25, 0.3) is 22.4 Å². The third kappa shape index (κ3) is 7.50. The number of nitrogen functional groups attached to an aromatic ring is 1. The van der Waals surface area contributed by atoms with E-state index in [1.54, 1.807) is 19.5 Å². The predicted molar refractivity (Wildman–Crippen MR) is 164 cm³/mol. The van der Waals surface area contributed by atoms with Gasteiger partial charge in [0.05, 0.1) is 30.9 Å². The molecule has 0 saturated carbocycles. The van der Waals surface area contributed by atoms with E-state index in [4.69, 9.17) is 15.2 Å². The highest BCUT2D eigenvalue weighted by atomic mass is 16.5. The summed E-state index contributed by atoms with van der Waals surface area (Å²) in [6, 6.07) is 26.4. The molecule has 0 radical (unpaired) electrons. The number of methoxy groups -OCH3 is 1. The van der Waals surface area contributed by atoms with Crippen LogP contribution in [0.15, 0.2) is 104 Å². The van der Waals surface area contributed by atoms with Gasteiger partial charge in [-0.2, -0.15) is 0 Å². The highest BCUT2D eigenvalue weighted by Gasteiger charge is 2.17. The van der Waals surface area contributed by atoms with Crippen molar-refractivity contribution in [1.29, 1.82) is 0 Å². The first-order chi connectivity index (χ1) is 21.0. The van der Waals surface area contributed by atoms with Crippen LogP contribution in [0.5, 0.6) is 5.75 Å². The predicted octanol–water partition coefficient (Wildman–Crippen LogP) is 5.52. The lowest BCUT2D eigenvalue weighted by atomic mass is 10.1. The van der Waals surface area contributed by atoms with Gasteiger partial charge in [-0.1, -0.05) is 66.7 Å². The first-order valence-electron chi connectivity index (χ1n) is 13.6. The summed E-state index contributed by atoms with van der Waals surface area (Å²) in [5.74, 6) is 0.238. The van der Waals surface area contributed by atoms with Gasteiger partial charge >= 0.3 is 6.09 Å². The Morgan fingerprint density at radius 1 is 0.860 bits per heavy atom. The number of carbonyl (C=O) groups excluding carboxylic acids is 2. The van der Waals surface area contributed by atoms with E-state index >= 15 is 0 Å². The molecular formula is C33H30N6O4. The number of carbonyl (C=O) groups is 2. The smallest absolute Gasteiger partial charge is 0.407 e. The zero-order chi connectivity index (χ0) is 30.0. The highest BCUT2D eigenvalue weighted by molar-refractivity contribution is 6.07. The number of pyridine rings is 1. The van der Waals surface area contributed by atoms with Crippen LogP contribution in [-0.2, 0) is 17.8 Å². The molecule has 3 aromatic carbocycles. The summed E-state index contributed by atoms with van der Waals surface area (Å²) >= 11 is 0. The van der Waals surface area contributed by atoms with Crippen LogP contribution >= 0.6 is 0 Å². The lowest BCUT2D eigenvalue weighted by Gasteiger charge is -2.12. The number of anilines is 2. The second-order valence-electron chi connectivity index (χ2n) is 9.53. The van der Waals surface area contributed by atoms with Gasteiger partial charge in [0, 0.05) is 23.9 Å². The zero-order valence-electron chi connectivity index (χ0n) is 23.5. The van der Waals surface area contributed by atoms with E-state index < -0.39 is 12.0 Å². The van der Waals surface area contributed by atoms with Gasteiger partial charge < -0.3 is 25.8 Å². The minimum absolute atomic E-state index is 0.00401. The van der Waals surface area contributed by atoms with Crippen molar-refractivity contribution in [2.45, 2.75) is 13.0 Å². The fraction of sp³-hybridized carbons (Fsp3) is 0.121. The van der Waals surface area contributed by atoms with Crippen molar-refractivity contribution in [3.8, 4) is 28.1 Å². The van der Waals surface area contributed by atoms with Gasteiger partial charge in [-0.25, -0.2) is 14.8 Å². The number of aromatic nitrogens is 3. The van der Waals surface area contributed by atoms with Gasteiger partial charge in [-0.3, -0.25) is 9.78 Å². The molecule has 2 amide bonds. The quantitative estimate of drug-likeness (QED) is 0.198. The van der Waals surface area contributed by atoms with Crippen molar-refractivity contribution in [1.82, 2.24) is 20.3 Å². The average Bonchev–Trinajstić information content (AvgIpc) is 3.05. The summed E-state index contributed by atoms with van der Waals surface area (Å²) in [7, 11) is 1.60. The summed E-state index contributed by atoms with van der Waals surface area (Å²) in [6.07, 6.45) is 4.90. The molecule has 0 unspecified atom stereocenters. The summed E-state index contributed by atoms with van der Waals surface area (Å²) in [5, 5.41) is 5.63. The van der Waals surface area contributed by atoms with Gasteiger partial charge in [0.2, 0.25) is 0 Å². The molecule has 5 aromatic rings. The number of nitrogens with one attached hydrogen (secondary N) is 2. The van der Waals surface area contributed by atoms with Gasteiger partial charge in [-0.15, -0.1) is 0 Å².